The molecular weight excluding hydrogens is 186 g/mol. The molecule has 0 unspecified atom stereocenters. The zero-order chi connectivity index (χ0) is 9.26. The summed E-state index contributed by atoms with van der Waals surface area (Å²) in [6, 6.07) is 0. The number of nitrogens with two attached hydrogens (primary N) is 1. The third-order valence-electron chi connectivity index (χ3n) is 1.68. The van der Waals surface area contributed by atoms with E-state index in [1.54, 1.807) is 11.3 Å². The van der Waals surface area contributed by atoms with E-state index in [1.165, 1.54) is 6.33 Å². The molecule has 0 aliphatic heterocycles. The van der Waals surface area contributed by atoms with E-state index >= 15 is 0 Å². The summed E-state index contributed by atoms with van der Waals surface area (Å²) >= 11 is 1.57. The van der Waals surface area contributed by atoms with E-state index in [4.69, 9.17) is 5.84 Å². The average molecular weight is 195 g/mol. The fourth-order valence-electron chi connectivity index (χ4n) is 1.05. The van der Waals surface area contributed by atoms with Gasteiger partial charge in [-0.05, 0) is 6.42 Å². The van der Waals surface area contributed by atoms with Crippen molar-refractivity contribution in [2.75, 3.05) is 5.43 Å². The van der Waals surface area contributed by atoms with Gasteiger partial charge in [-0.25, -0.2) is 20.8 Å². The van der Waals surface area contributed by atoms with Crippen LogP contribution in [0.5, 0.6) is 0 Å². The Morgan fingerprint density at radius 2 is 2.38 bits per heavy atom. The van der Waals surface area contributed by atoms with E-state index < -0.39 is 0 Å². The number of nitrogen functional groups attached to an aromatic ring is 1. The Kier molecular flexibility index (Phi) is 2.07. The minimum Gasteiger partial charge on any atom is -0.307 e. The van der Waals surface area contributed by atoms with Crippen molar-refractivity contribution in [3.8, 4) is 0 Å². The summed E-state index contributed by atoms with van der Waals surface area (Å²) in [4.78, 5) is 13.3. The van der Waals surface area contributed by atoms with E-state index in [9.17, 15) is 0 Å². The highest BCUT2D eigenvalue weighted by Gasteiger charge is 2.07. The molecule has 0 spiro atoms. The van der Waals surface area contributed by atoms with E-state index in [2.05, 4.69) is 27.3 Å². The van der Waals surface area contributed by atoms with Crippen molar-refractivity contribution in [2.45, 2.75) is 13.3 Å². The first-order chi connectivity index (χ1) is 6.35. The quantitative estimate of drug-likeness (QED) is 0.550. The second kappa shape index (κ2) is 3.23. The highest BCUT2D eigenvalue weighted by Crippen LogP contribution is 2.23. The van der Waals surface area contributed by atoms with E-state index in [0.717, 1.165) is 21.8 Å². The van der Waals surface area contributed by atoms with Gasteiger partial charge in [0.15, 0.2) is 5.82 Å². The van der Waals surface area contributed by atoms with Crippen LogP contribution in [0.1, 0.15) is 11.9 Å². The third kappa shape index (κ3) is 1.34. The number of aryl methyl sites for hydroxylation is 1. The third-order valence-corrected chi connectivity index (χ3v) is 2.79. The summed E-state index contributed by atoms with van der Waals surface area (Å²) < 4.78 is 0. The zero-order valence-corrected chi connectivity index (χ0v) is 7.93. The Bertz CT molecular complexity index is 424. The van der Waals surface area contributed by atoms with Crippen molar-refractivity contribution < 1.29 is 0 Å². The van der Waals surface area contributed by atoms with Crippen LogP contribution in [0, 0.1) is 0 Å². The SMILES string of the molecule is CCc1nc2c(NN)ncnc2s1. The van der Waals surface area contributed by atoms with Crippen molar-refractivity contribution in [1.82, 2.24) is 15.0 Å². The molecule has 0 aromatic carbocycles. The zero-order valence-electron chi connectivity index (χ0n) is 7.11. The van der Waals surface area contributed by atoms with Crippen LogP contribution in [-0.2, 0) is 6.42 Å². The number of rotatable bonds is 2. The molecule has 0 saturated heterocycles. The Labute approximate surface area is 79.0 Å². The standard InChI is InChI=1S/C7H9N5S/c1-2-4-11-5-6(12-8)9-3-10-7(5)13-4/h3H,2,8H2,1H3,(H,9,10,12). The molecule has 2 aromatic heterocycles. The van der Waals surface area contributed by atoms with Gasteiger partial charge in [0.2, 0.25) is 0 Å². The maximum Gasteiger partial charge on any atom is 0.170 e. The lowest BCUT2D eigenvalue weighted by Crippen LogP contribution is -2.09. The molecule has 0 amide bonds. The van der Waals surface area contributed by atoms with Crippen LogP contribution in [0.2, 0.25) is 0 Å². The summed E-state index contributed by atoms with van der Waals surface area (Å²) in [5.41, 5.74) is 3.26. The molecule has 68 valence electrons. The molecule has 3 N–H and O–H groups in total. The molecule has 0 bridgehead atoms. The van der Waals surface area contributed by atoms with Crippen LogP contribution in [0.3, 0.4) is 0 Å². The van der Waals surface area contributed by atoms with E-state index in [1.807, 2.05) is 0 Å². The predicted octanol–water partition coefficient (Wildman–Crippen LogP) is 0.934. The molecule has 0 aliphatic rings. The van der Waals surface area contributed by atoms with Crippen molar-refractivity contribution >= 4 is 27.5 Å². The normalized spacial score (nSPS) is 10.6. The summed E-state index contributed by atoms with van der Waals surface area (Å²) in [5, 5.41) is 1.05. The lowest BCUT2D eigenvalue weighted by Gasteiger charge is -1.96. The minimum absolute atomic E-state index is 0.584. The fourth-order valence-corrected chi connectivity index (χ4v) is 1.90. The minimum atomic E-state index is 0.584. The van der Waals surface area contributed by atoms with Crippen LogP contribution < -0.4 is 11.3 Å². The molecule has 13 heavy (non-hydrogen) atoms. The Balaban J connectivity index is 2.67. The summed E-state index contributed by atoms with van der Waals surface area (Å²) in [6.07, 6.45) is 2.39. The maximum absolute atomic E-state index is 5.29. The van der Waals surface area contributed by atoms with Crippen LogP contribution in [-0.4, -0.2) is 15.0 Å². The Morgan fingerprint density at radius 3 is 3.08 bits per heavy atom. The number of aromatic nitrogens is 3. The monoisotopic (exact) mass is 195 g/mol. The fraction of sp³-hybridized carbons (Fsp3) is 0.286. The predicted molar refractivity (Wildman–Crippen MR) is 52.4 cm³/mol. The van der Waals surface area contributed by atoms with Crippen LogP contribution >= 0.6 is 11.3 Å². The summed E-state index contributed by atoms with van der Waals surface area (Å²) in [6.45, 7) is 2.06. The number of fused-ring (bicyclic) bond motifs is 1. The molecule has 0 aliphatic carbocycles. The molecule has 2 heterocycles. The highest BCUT2D eigenvalue weighted by molar-refractivity contribution is 7.18. The first-order valence-corrected chi connectivity index (χ1v) is 4.73. The molecule has 0 saturated carbocycles. The van der Waals surface area contributed by atoms with Crippen LogP contribution in [0.25, 0.3) is 10.3 Å². The number of nitrogens with zero attached hydrogens (tertiary/aromatic N) is 3. The van der Waals surface area contributed by atoms with E-state index in [0.29, 0.717) is 5.82 Å². The van der Waals surface area contributed by atoms with Gasteiger partial charge in [-0.3, -0.25) is 0 Å². The van der Waals surface area contributed by atoms with Crippen LogP contribution in [0.4, 0.5) is 5.82 Å². The summed E-state index contributed by atoms with van der Waals surface area (Å²) in [5.74, 6) is 5.88. The molecule has 2 aromatic rings. The van der Waals surface area contributed by atoms with Gasteiger partial charge in [0.25, 0.3) is 0 Å². The number of anilines is 1. The van der Waals surface area contributed by atoms with Crippen molar-refractivity contribution in [3.63, 3.8) is 0 Å². The molecule has 0 atom stereocenters. The van der Waals surface area contributed by atoms with E-state index in [-0.39, 0.29) is 0 Å². The van der Waals surface area contributed by atoms with Gasteiger partial charge in [0.05, 0.1) is 5.01 Å². The number of hydrazine groups is 1. The van der Waals surface area contributed by atoms with Gasteiger partial charge in [-0.2, -0.15) is 0 Å². The van der Waals surface area contributed by atoms with Gasteiger partial charge in [0.1, 0.15) is 16.7 Å². The number of hydrogen-bond donors (Lipinski definition) is 2. The van der Waals surface area contributed by atoms with Gasteiger partial charge >= 0.3 is 0 Å². The lowest BCUT2D eigenvalue weighted by molar-refractivity contribution is 1.10. The molecule has 0 radical (unpaired) electrons. The molecule has 0 fully saturated rings. The molecule has 2 rings (SSSR count). The van der Waals surface area contributed by atoms with Crippen LogP contribution in [0.15, 0.2) is 6.33 Å². The smallest absolute Gasteiger partial charge is 0.170 e. The molecule has 6 heteroatoms. The molecular formula is C7H9N5S. The largest absolute Gasteiger partial charge is 0.307 e. The first-order valence-electron chi connectivity index (χ1n) is 3.92. The van der Waals surface area contributed by atoms with Crippen molar-refractivity contribution in [3.05, 3.63) is 11.3 Å². The number of hydrogen-bond acceptors (Lipinski definition) is 6. The first kappa shape index (κ1) is 8.33. The average Bonchev–Trinajstić information content (AvgIpc) is 2.59. The Hall–Kier alpha value is -1.27. The second-order valence-corrected chi connectivity index (χ2v) is 3.54. The highest BCUT2D eigenvalue weighted by atomic mass is 32.1. The number of nitrogens with one attached hydrogen (secondary N) is 1. The topological polar surface area (TPSA) is 76.7 Å². The van der Waals surface area contributed by atoms with Gasteiger partial charge in [-0.15, -0.1) is 0 Å². The Morgan fingerprint density at radius 1 is 1.54 bits per heavy atom. The van der Waals surface area contributed by atoms with Gasteiger partial charge in [0, 0.05) is 0 Å². The van der Waals surface area contributed by atoms with Gasteiger partial charge < -0.3 is 5.43 Å². The second-order valence-electron chi connectivity index (χ2n) is 2.48. The maximum atomic E-state index is 5.29. The van der Waals surface area contributed by atoms with Crippen molar-refractivity contribution in [2.24, 2.45) is 5.84 Å². The van der Waals surface area contributed by atoms with Gasteiger partial charge in [-0.1, -0.05) is 18.3 Å². The number of thiazole rings is 1. The summed E-state index contributed by atoms with van der Waals surface area (Å²) in [7, 11) is 0. The molecule has 5 nitrogen and oxygen atoms in total. The lowest BCUT2D eigenvalue weighted by atomic mass is 10.5. The van der Waals surface area contributed by atoms with Crippen molar-refractivity contribution in [1.29, 1.82) is 0 Å².